The number of unbranched alkanes of at least 4 members (excludes halogenated alkanes) is 5. The van der Waals surface area contributed by atoms with Crippen LogP contribution in [-0.2, 0) is 5.11 Å². The van der Waals surface area contributed by atoms with Crippen molar-refractivity contribution < 1.29 is 5.11 Å². The largest absolute Gasteiger partial charge is 0.237 e. The predicted octanol–water partition coefficient (Wildman–Crippen LogP) is 4.73. The van der Waals surface area contributed by atoms with Crippen molar-refractivity contribution in [2.24, 2.45) is 5.92 Å². The molecule has 0 amide bonds. The standard InChI is InChI=1S/C14H27O/c15-13-9-4-2-1-3-6-10-14-11-7-5-8-12-14/h14H,1-13H2. The van der Waals surface area contributed by atoms with E-state index in [1.807, 2.05) is 0 Å². The highest BCUT2D eigenvalue weighted by Gasteiger charge is 2.12. The Labute approximate surface area is 95.3 Å². The molecule has 0 aromatic rings. The summed E-state index contributed by atoms with van der Waals surface area (Å²) < 4.78 is 0. The summed E-state index contributed by atoms with van der Waals surface area (Å²) in [6, 6.07) is 0. The molecule has 1 aliphatic rings. The first-order chi connectivity index (χ1) is 7.43. The van der Waals surface area contributed by atoms with Crippen LogP contribution < -0.4 is 0 Å². The molecule has 1 heteroatoms. The Morgan fingerprint density at radius 2 is 1.33 bits per heavy atom. The van der Waals surface area contributed by atoms with Gasteiger partial charge in [0.15, 0.2) is 0 Å². The van der Waals surface area contributed by atoms with Gasteiger partial charge in [0, 0.05) is 0 Å². The third-order valence-corrected chi connectivity index (χ3v) is 3.73. The smallest absolute Gasteiger partial charge is 0.0822 e. The van der Waals surface area contributed by atoms with Gasteiger partial charge in [-0.05, 0) is 12.3 Å². The molecule has 0 saturated heterocycles. The Hall–Kier alpha value is -0.0400. The quantitative estimate of drug-likeness (QED) is 0.517. The molecule has 0 aliphatic heterocycles. The zero-order valence-electron chi connectivity index (χ0n) is 10.2. The molecule has 0 heterocycles. The molecule has 1 nitrogen and oxygen atoms in total. The van der Waals surface area contributed by atoms with Crippen LogP contribution in [0.4, 0.5) is 0 Å². The van der Waals surface area contributed by atoms with E-state index in [1.54, 1.807) is 0 Å². The molecule has 89 valence electrons. The molecule has 1 saturated carbocycles. The Kier molecular flexibility index (Phi) is 7.99. The van der Waals surface area contributed by atoms with E-state index >= 15 is 0 Å². The lowest BCUT2D eigenvalue weighted by Gasteiger charge is -2.21. The maximum atomic E-state index is 10.2. The first-order valence-corrected chi connectivity index (χ1v) is 7.01. The van der Waals surface area contributed by atoms with Crippen molar-refractivity contribution >= 4 is 0 Å². The summed E-state index contributed by atoms with van der Waals surface area (Å²) in [5, 5.41) is 10.2. The van der Waals surface area contributed by atoms with Crippen LogP contribution in [0.5, 0.6) is 0 Å². The van der Waals surface area contributed by atoms with Gasteiger partial charge in [-0.1, -0.05) is 70.6 Å². The van der Waals surface area contributed by atoms with E-state index in [1.165, 1.54) is 64.2 Å². The molecule has 0 aromatic heterocycles. The van der Waals surface area contributed by atoms with Crippen LogP contribution in [0.1, 0.15) is 77.0 Å². The monoisotopic (exact) mass is 211 g/mol. The van der Waals surface area contributed by atoms with Gasteiger partial charge in [0.25, 0.3) is 0 Å². The first-order valence-electron chi connectivity index (χ1n) is 7.01. The van der Waals surface area contributed by atoms with Gasteiger partial charge in [-0.2, -0.15) is 0 Å². The van der Waals surface area contributed by atoms with Gasteiger partial charge in [-0.3, -0.25) is 0 Å². The van der Waals surface area contributed by atoms with Crippen molar-refractivity contribution in [1.82, 2.24) is 0 Å². The molecule has 15 heavy (non-hydrogen) atoms. The van der Waals surface area contributed by atoms with Crippen LogP contribution in [-0.4, -0.2) is 6.61 Å². The fraction of sp³-hybridized carbons (Fsp3) is 1.00. The second kappa shape index (κ2) is 9.21. The van der Waals surface area contributed by atoms with Gasteiger partial charge < -0.3 is 0 Å². The summed E-state index contributed by atoms with van der Waals surface area (Å²) in [6.45, 7) is 0.127. The summed E-state index contributed by atoms with van der Waals surface area (Å²) in [5.41, 5.74) is 0. The van der Waals surface area contributed by atoms with E-state index in [0.29, 0.717) is 0 Å². The Balaban J connectivity index is 1.79. The van der Waals surface area contributed by atoms with Crippen LogP contribution in [0, 0.1) is 5.92 Å². The molecule has 0 unspecified atom stereocenters. The Morgan fingerprint density at radius 3 is 2.00 bits per heavy atom. The highest BCUT2D eigenvalue weighted by molar-refractivity contribution is 4.65. The van der Waals surface area contributed by atoms with Gasteiger partial charge in [-0.25, -0.2) is 5.11 Å². The van der Waals surface area contributed by atoms with Crippen LogP contribution in [0.25, 0.3) is 0 Å². The minimum atomic E-state index is 0.127. The van der Waals surface area contributed by atoms with Gasteiger partial charge in [0.1, 0.15) is 0 Å². The van der Waals surface area contributed by atoms with Crippen LogP contribution in [0.15, 0.2) is 0 Å². The Bertz CT molecular complexity index is 127. The summed E-state index contributed by atoms with van der Waals surface area (Å²) >= 11 is 0. The third kappa shape index (κ3) is 6.94. The van der Waals surface area contributed by atoms with E-state index in [9.17, 15) is 5.11 Å². The molecule has 0 N–H and O–H groups in total. The summed E-state index contributed by atoms with van der Waals surface area (Å²) in [7, 11) is 0. The molecule has 1 rings (SSSR count). The Morgan fingerprint density at radius 1 is 0.733 bits per heavy atom. The minimum Gasteiger partial charge on any atom is -0.237 e. The minimum absolute atomic E-state index is 0.127. The highest BCUT2D eigenvalue weighted by atomic mass is 16.2. The number of rotatable bonds is 8. The fourth-order valence-electron chi connectivity index (χ4n) is 2.72. The van der Waals surface area contributed by atoms with Gasteiger partial charge in [0.2, 0.25) is 0 Å². The predicted molar refractivity (Wildman–Crippen MR) is 64.4 cm³/mol. The van der Waals surface area contributed by atoms with Crippen LogP contribution >= 0.6 is 0 Å². The number of hydrogen-bond acceptors (Lipinski definition) is 0. The van der Waals surface area contributed by atoms with Crippen molar-refractivity contribution in [1.29, 1.82) is 0 Å². The normalized spacial score (nSPS) is 18.2. The summed E-state index contributed by atoms with van der Waals surface area (Å²) in [6.07, 6.45) is 16.4. The van der Waals surface area contributed by atoms with E-state index in [-0.39, 0.29) is 6.61 Å². The number of hydrogen-bond donors (Lipinski definition) is 0. The van der Waals surface area contributed by atoms with Crippen molar-refractivity contribution in [3.8, 4) is 0 Å². The van der Waals surface area contributed by atoms with Crippen molar-refractivity contribution in [2.45, 2.75) is 77.0 Å². The summed E-state index contributed by atoms with van der Waals surface area (Å²) in [4.78, 5) is 0. The average molecular weight is 211 g/mol. The molecule has 0 spiro atoms. The fourth-order valence-corrected chi connectivity index (χ4v) is 2.72. The van der Waals surface area contributed by atoms with Crippen molar-refractivity contribution in [2.75, 3.05) is 6.61 Å². The van der Waals surface area contributed by atoms with Gasteiger partial charge >= 0.3 is 0 Å². The second-order valence-corrected chi connectivity index (χ2v) is 5.12. The molecule has 1 radical (unpaired) electrons. The third-order valence-electron chi connectivity index (χ3n) is 3.73. The maximum absolute atomic E-state index is 10.2. The van der Waals surface area contributed by atoms with Gasteiger partial charge in [0.05, 0.1) is 6.61 Å². The molecule has 0 aromatic carbocycles. The molecule has 0 bridgehead atoms. The lowest BCUT2D eigenvalue weighted by atomic mass is 9.85. The molecule has 1 aliphatic carbocycles. The molecule has 1 fully saturated rings. The van der Waals surface area contributed by atoms with Gasteiger partial charge in [-0.15, -0.1) is 0 Å². The molecular weight excluding hydrogens is 184 g/mol. The van der Waals surface area contributed by atoms with Crippen molar-refractivity contribution in [3.05, 3.63) is 0 Å². The lowest BCUT2D eigenvalue weighted by Crippen LogP contribution is -2.05. The average Bonchev–Trinajstić information content (AvgIpc) is 2.29. The molecule has 0 atom stereocenters. The van der Waals surface area contributed by atoms with Crippen LogP contribution in [0.3, 0.4) is 0 Å². The topological polar surface area (TPSA) is 19.9 Å². The lowest BCUT2D eigenvalue weighted by molar-refractivity contribution is 0.185. The van der Waals surface area contributed by atoms with Crippen LogP contribution in [0.2, 0.25) is 0 Å². The SMILES string of the molecule is [O]CCCCCCCCC1CCCCC1. The van der Waals surface area contributed by atoms with E-state index in [0.717, 1.165) is 18.8 Å². The zero-order chi connectivity index (χ0) is 10.8. The second-order valence-electron chi connectivity index (χ2n) is 5.12. The zero-order valence-corrected chi connectivity index (χ0v) is 10.2. The maximum Gasteiger partial charge on any atom is 0.0822 e. The van der Waals surface area contributed by atoms with E-state index in [4.69, 9.17) is 0 Å². The highest BCUT2D eigenvalue weighted by Crippen LogP contribution is 2.28. The van der Waals surface area contributed by atoms with Crippen molar-refractivity contribution in [3.63, 3.8) is 0 Å². The summed E-state index contributed by atoms with van der Waals surface area (Å²) in [5.74, 6) is 1.06. The molecular formula is C14H27O. The van der Waals surface area contributed by atoms with E-state index in [2.05, 4.69) is 0 Å². The first kappa shape index (κ1) is 13.0. The van der Waals surface area contributed by atoms with E-state index < -0.39 is 0 Å².